The van der Waals surface area contributed by atoms with Crippen LogP contribution in [0.25, 0.3) is 0 Å². The van der Waals surface area contributed by atoms with E-state index >= 15 is 0 Å². The fraction of sp³-hybridized carbons (Fsp3) is 0.647. The molecule has 2 saturated heterocycles. The maximum absolute atomic E-state index is 12.2. The molecule has 0 atom stereocenters. The van der Waals surface area contributed by atoms with E-state index in [0.29, 0.717) is 11.5 Å². The second kappa shape index (κ2) is 7.71. The molecule has 1 amide bonds. The second-order valence-corrected chi connectivity index (χ2v) is 7.69. The van der Waals surface area contributed by atoms with E-state index in [4.69, 9.17) is 9.72 Å². The quantitative estimate of drug-likeness (QED) is 0.872. The lowest BCUT2D eigenvalue weighted by Gasteiger charge is -2.31. The fourth-order valence-electron chi connectivity index (χ4n) is 3.50. The summed E-state index contributed by atoms with van der Waals surface area (Å²) in [6.07, 6.45) is 7.20. The van der Waals surface area contributed by atoms with Crippen LogP contribution in [0.3, 0.4) is 0 Å². The molecule has 0 spiro atoms. The minimum absolute atomic E-state index is 0.0470. The Balaban J connectivity index is 1.29. The number of nitrogens with one attached hydrogen (secondary N) is 1. The van der Waals surface area contributed by atoms with Crippen molar-refractivity contribution in [2.45, 2.75) is 37.6 Å². The molecule has 0 saturated carbocycles. The van der Waals surface area contributed by atoms with Crippen molar-refractivity contribution in [3.63, 3.8) is 0 Å². The van der Waals surface area contributed by atoms with Crippen LogP contribution in [0.5, 0.6) is 0 Å². The van der Waals surface area contributed by atoms with Crippen molar-refractivity contribution in [2.75, 3.05) is 31.2 Å². The largest absolute Gasteiger partial charge is 0.381 e. The van der Waals surface area contributed by atoms with E-state index in [9.17, 15) is 4.79 Å². The van der Waals surface area contributed by atoms with Crippen molar-refractivity contribution in [3.8, 4) is 0 Å². The summed E-state index contributed by atoms with van der Waals surface area (Å²) in [5, 5.41) is 8.16. The molecule has 0 radical (unpaired) electrons. The zero-order valence-corrected chi connectivity index (χ0v) is 15.7. The van der Waals surface area contributed by atoms with Crippen molar-refractivity contribution in [1.29, 1.82) is 0 Å². The maximum Gasteiger partial charge on any atom is 0.254 e. The van der Waals surface area contributed by atoms with Crippen LogP contribution in [-0.2, 0) is 11.8 Å². The van der Waals surface area contributed by atoms with Gasteiger partial charge in [0.05, 0.1) is 11.8 Å². The molecule has 0 bridgehead atoms. The summed E-state index contributed by atoms with van der Waals surface area (Å²) in [4.78, 5) is 19.3. The first-order valence-corrected chi connectivity index (χ1v) is 9.92. The van der Waals surface area contributed by atoms with Crippen LogP contribution in [0.2, 0.25) is 0 Å². The van der Waals surface area contributed by atoms with Gasteiger partial charge in [-0.1, -0.05) is 0 Å². The van der Waals surface area contributed by atoms with E-state index in [-0.39, 0.29) is 11.9 Å². The van der Waals surface area contributed by atoms with Crippen LogP contribution in [0.4, 0.5) is 5.13 Å². The molecule has 1 N–H and O–H groups in total. The normalized spacial score (nSPS) is 19.7. The molecule has 2 aliphatic heterocycles. The lowest BCUT2D eigenvalue weighted by Crippen LogP contribution is -2.44. The molecule has 2 aliphatic rings. The van der Waals surface area contributed by atoms with Crippen LogP contribution in [0, 0.1) is 0 Å². The Bertz CT molecular complexity index is 746. The number of carbonyl (C=O) groups is 1. The van der Waals surface area contributed by atoms with Gasteiger partial charge in [0.1, 0.15) is 5.82 Å². The topological polar surface area (TPSA) is 85.2 Å². The van der Waals surface area contributed by atoms with Crippen LogP contribution in [0.1, 0.15) is 47.8 Å². The molecule has 2 aromatic rings. The predicted molar refractivity (Wildman–Crippen MR) is 98.6 cm³/mol. The maximum atomic E-state index is 12.2. The van der Waals surface area contributed by atoms with Crippen LogP contribution < -0.4 is 10.2 Å². The summed E-state index contributed by atoms with van der Waals surface area (Å²) < 4.78 is 11.6. The Kier molecular flexibility index (Phi) is 5.16. The van der Waals surface area contributed by atoms with Crippen molar-refractivity contribution in [2.24, 2.45) is 7.05 Å². The number of anilines is 1. The zero-order chi connectivity index (χ0) is 17.9. The number of carbonyl (C=O) groups excluding carboxylic acids is 1. The lowest BCUT2D eigenvalue weighted by molar-refractivity contribution is 0.0838. The number of ether oxygens (including phenoxy) is 1. The van der Waals surface area contributed by atoms with Gasteiger partial charge in [0.15, 0.2) is 0 Å². The minimum Gasteiger partial charge on any atom is -0.381 e. The van der Waals surface area contributed by atoms with Gasteiger partial charge in [-0.05, 0) is 25.7 Å². The number of rotatable bonds is 4. The van der Waals surface area contributed by atoms with Gasteiger partial charge in [-0.3, -0.25) is 9.48 Å². The molecule has 2 fully saturated rings. The Morgan fingerprint density at radius 1 is 1.27 bits per heavy atom. The minimum atomic E-state index is -0.0470. The summed E-state index contributed by atoms with van der Waals surface area (Å²) in [5.74, 6) is 1.36. The molecular formula is C17H24N6O2S. The van der Waals surface area contributed by atoms with Gasteiger partial charge in [0.25, 0.3) is 5.91 Å². The van der Waals surface area contributed by atoms with Gasteiger partial charge >= 0.3 is 0 Å². The van der Waals surface area contributed by atoms with E-state index in [1.54, 1.807) is 17.1 Å². The Labute approximate surface area is 156 Å². The van der Waals surface area contributed by atoms with Gasteiger partial charge in [0.2, 0.25) is 5.13 Å². The number of piperidine rings is 1. The third-order valence-corrected chi connectivity index (χ3v) is 5.88. The first-order valence-electron chi connectivity index (χ1n) is 9.15. The van der Waals surface area contributed by atoms with E-state index in [1.165, 1.54) is 11.5 Å². The highest BCUT2D eigenvalue weighted by atomic mass is 32.1. The number of aryl methyl sites for hydroxylation is 1. The summed E-state index contributed by atoms with van der Waals surface area (Å²) in [6, 6.07) is 0.196. The predicted octanol–water partition coefficient (Wildman–Crippen LogP) is 1.56. The van der Waals surface area contributed by atoms with E-state index < -0.39 is 0 Å². The zero-order valence-electron chi connectivity index (χ0n) is 14.9. The highest BCUT2D eigenvalue weighted by molar-refractivity contribution is 7.09. The standard InChI is InChI=1S/C17H24N6O2S/c1-22-11-13(10-18-22)16(24)19-14-2-6-23(7-3-14)17-20-15(21-26-17)12-4-8-25-9-5-12/h10-12,14H,2-9H2,1H3,(H,19,24). The van der Waals surface area contributed by atoms with E-state index in [2.05, 4.69) is 19.7 Å². The summed E-state index contributed by atoms with van der Waals surface area (Å²) in [6.45, 7) is 3.39. The molecular weight excluding hydrogens is 352 g/mol. The first kappa shape index (κ1) is 17.4. The monoisotopic (exact) mass is 376 g/mol. The average Bonchev–Trinajstić information content (AvgIpc) is 3.32. The Hall–Kier alpha value is -2.00. The molecule has 9 heteroatoms. The molecule has 2 aromatic heterocycles. The molecule has 0 aliphatic carbocycles. The fourth-order valence-corrected chi connectivity index (χ4v) is 4.30. The lowest BCUT2D eigenvalue weighted by atomic mass is 10.00. The van der Waals surface area contributed by atoms with E-state index in [1.807, 2.05) is 7.05 Å². The van der Waals surface area contributed by atoms with Gasteiger partial charge < -0.3 is 15.0 Å². The average molecular weight is 376 g/mol. The van der Waals surface area contributed by atoms with Gasteiger partial charge in [-0.2, -0.15) is 9.47 Å². The van der Waals surface area contributed by atoms with Crippen molar-refractivity contribution in [3.05, 3.63) is 23.8 Å². The van der Waals surface area contributed by atoms with Crippen molar-refractivity contribution < 1.29 is 9.53 Å². The first-order chi connectivity index (χ1) is 12.7. The Morgan fingerprint density at radius 3 is 2.73 bits per heavy atom. The number of nitrogens with zero attached hydrogens (tertiary/aromatic N) is 5. The SMILES string of the molecule is Cn1cc(C(=O)NC2CCN(c3nc(C4CCOCC4)ns3)CC2)cn1. The van der Waals surface area contributed by atoms with Crippen LogP contribution in [0.15, 0.2) is 12.4 Å². The van der Waals surface area contributed by atoms with Gasteiger partial charge in [0, 0.05) is 63.0 Å². The van der Waals surface area contributed by atoms with Crippen LogP contribution >= 0.6 is 11.5 Å². The molecule has 0 aromatic carbocycles. The van der Waals surface area contributed by atoms with Crippen LogP contribution in [-0.4, -0.2) is 57.4 Å². The van der Waals surface area contributed by atoms with E-state index in [0.717, 1.165) is 62.9 Å². The number of hydrogen-bond acceptors (Lipinski definition) is 7. The number of amides is 1. The third-order valence-electron chi connectivity index (χ3n) is 5.09. The molecule has 26 heavy (non-hydrogen) atoms. The summed E-state index contributed by atoms with van der Waals surface area (Å²) >= 11 is 1.49. The van der Waals surface area contributed by atoms with Gasteiger partial charge in [-0.25, -0.2) is 4.98 Å². The third kappa shape index (κ3) is 3.88. The summed E-state index contributed by atoms with van der Waals surface area (Å²) in [5.41, 5.74) is 0.611. The molecule has 4 heterocycles. The van der Waals surface area contributed by atoms with Crippen molar-refractivity contribution >= 4 is 22.6 Å². The summed E-state index contributed by atoms with van der Waals surface area (Å²) in [7, 11) is 1.81. The smallest absolute Gasteiger partial charge is 0.254 e. The highest BCUT2D eigenvalue weighted by Crippen LogP contribution is 2.29. The number of aromatic nitrogens is 4. The molecule has 0 unspecified atom stereocenters. The molecule has 4 rings (SSSR count). The second-order valence-electron chi connectivity index (χ2n) is 6.96. The molecule has 140 valence electrons. The van der Waals surface area contributed by atoms with Gasteiger partial charge in [-0.15, -0.1) is 0 Å². The number of hydrogen-bond donors (Lipinski definition) is 1. The molecule has 8 nitrogen and oxygen atoms in total. The highest BCUT2D eigenvalue weighted by Gasteiger charge is 2.25. The van der Waals surface area contributed by atoms with Crippen molar-refractivity contribution in [1.82, 2.24) is 24.5 Å². The Morgan fingerprint density at radius 2 is 2.04 bits per heavy atom.